The minimum Gasteiger partial charge on any atom is -0.387 e. The molecule has 1 aromatic carbocycles. The zero-order valence-electron chi connectivity index (χ0n) is 13.3. The third-order valence-corrected chi connectivity index (χ3v) is 4.19. The lowest BCUT2D eigenvalue weighted by Gasteiger charge is -2.35. The van der Waals surface area contributed by atoms with Crippen molar-refractivity contribution >= 4 is 0 Å². The first-order valence-electron chi connectivity index (χ1n) is 7.90. The molecule has 5 nitrogen and oxygen atoms in total. The van der Waals surface area contributed by atoms with Gasteiger partial charge in [0.25, 0.3) is 0 Å². The molecule has 0 saturated carbocycles. The molecule has 0 radical (unpaired) electrons. The number of nitrogens with zero attached hydrogens (tertiary/aromatic N) is 3. The van der Waals surface area contributed by atoms with Gasteiger partial charge in [-0.1, -0.05) is 17.3 Å². The maximum absolute atomic E-state index is 13.2. The SMILES string of the molecule is Cc1cc(CN2CCN(C[C@H](O)c3cccc(F)c3)CC2)no1. The van der Waals surface area contributed by atoms with E-state index in [-0.39, 0.29) is 5.82 Å². The Morgan fingerprint density at radius 2 is 1.96 bits per heavy atom. The van der Waals surface area contributed by atoms with Crippen LogP contribution < -0.4 is 0 Å². The standard InChI is InChI=1S/C17H22FN3O2/c1-13-9-16(19-23-13)11-20-5-7-21(8-6-20)12-17(22)14-3-2-4-15(18)10-14/h2-4,9-10,17,22H,5-8,11-12H2,1H3/t17-/m0/s1. The van der Waals surface area contributed by atoms with Crippen LogP contribution in [0.3, 0.4) is 0 Å². The minimum atomic E-state index is -0.657. The van der Waals surface area contributed by atoms with Gasteiger partial charge in [0.05, 0.1) is 11.8 Å². The summed E-state index contributed by atoms with van der Waals surface area (Å²) >= 11 is 0. The molecule has 2 heterocycles. The van der Waals surface area contributed by atoms with Crippen molar-refractivity contribution in [2.45, 2.75) is 19.6 Å². The molecule has 1 fully saturated rings. The largest absolute Gasteiger partial charge is 0.387 e. The summed E-state index contributed by atoms with van der Waals surface area (Å²) in [5.41, 5.74) is 1.58. The molecular formula is C17H22FN3O2. The van der Waals surface area contributed by atoms with E-state index in [0.717, 1.165) is 44.2 Å². The van der Waals surface area contributed by atoms with Crippen molar-refractivity contribution in [2.75, 3.05) is 32.7 Å². The molecule has 0 spiro atoms. The summed E-state index contributed by atoms with van der Waals surface area (Å²) in [7, 11) is 0. The molecule has 0 aliphatic carbocycles. The van der Waals surface area contributed by atoms with Crippen LogP contribution in [-0.4, -0.2) is 52.8 Å². The molecule has 0 amide bonds. The summed E-state index contributed by atoms with van der Waals surface area (Å²) in [5.74, 6) is 0.520. The number of aliphatic hydroxyl groups is 1. The Bertz CT molecular complexity index is 638. The van der Waals surface area contributed by atoms with E-state index in [1.165, 1.54) is 12.1 Å². The van der Waals surface area contributed by atoms with Gasteiger partial charge in [0.1, 0.15) is 11.6 Å². The molecule has 23 heavy (non-hydrogen) atoms. The van der Waals surface area contributed by atoms with Gasteiger partial charge >= 0.3 is 0 Å². The minimum absolute atomic E-state index is 0.311. The van der Waals surface area contributed by atoms with Crippen molar-refractivity contribution in [3.05, 3.63) is 53.2 Å². The number of hydrogen-bond acceptors (Lipinski definition) is 5. The highest BCUT2D eigenvalue weighted by atomic mass is 19.1. The number of aromatic nitrogens is 1. The second-order valence-electron chi connectivity index (χ2n) is 6.08. The molecule has 1 saturated heterocycles. The molecule has 1 N–H and O–H groups in total. The van der Waals surface area contributed by atoms with Gasteiger partial charge in [0.15, 0.2) is 0 Å². The molecule has 0 bridgehead atoms. The Balaban J connectivity index is 1.47. The van der Waals surface area contributed by atoms with E-state index in [1.807, 2.05) is 13.0 Å². The van der Waals surface area contributed by atoms with Crippen molar-refractivity contribution < 1.29 is 14.0 Å². The second kappa shape index (κ2) is 7.21. The fourth-order valence-corrected chi connectivity index (χ4v) is 2.92. The van der Waals surface area contributed by atoms with Gasteiger partial charge in [-0.15, -0.1) is 0 Å². The summed E-state index contributed by atoms with van der Waals surface area (Å²) in [6.07, 6.45) is -0.657. The van der Waals surface area contributed by atoms with Crippen LogP contribution in [0.25, 0.3) is 0 Å². The monoisotopic (exact) mass is 319 g/mol. The van der Waals surface area contributed by atoms with Crippen molar-refractivity contribution in [1.82, 2.24) is 15.0 Å². The fourth-order valence-electron chi connectivity index (χ4n) is 2.92. The van der Waals surface area contributed by atoms with Gasteiger partial charge < -0.3 is 9.63 Å². The van der Waals surface area contributed by atoms with Gasteiger partial charge in [0.2, 0.25) is 0 Å². The summed E-state index contributed by atoms with van der Waals surface area (Å²) in [5, 5.41) is 14.3. The predicted molar refractivity (Wildman–Crippen MR) is 84.3 cm³/mol. The topological polar surface area (TPSA) is 52.7 Å². The van der Waals surface area contributed by atoms with Crippen molar-refractivity contribution in [1.29, 1.82) is 0 Å². The van der Waals surface area contributed by atoms with Gasteiger partial charge in [-0.2, -0.15) is 0 Å². The average Bonchev–Trinajstić information content (AvgIpc) is 2.94. The molecule has 124 valence electrons. The van der Waals surface area contributed by atoms with E-state index >= 15 is 0 Å². The number of β-amino-alcohol motifs (C(OH)–C–C–N with tert-alkyl or cyclic N) is 1. The van der Waals surface area contributed by atoms with E-state index in [4.69, 9.17) is 4.52 Å². The molecule has 1 atom stereocenters. The number of piperazine rings is 1. The molecule has 6 heteroatoms. The Hall–Kier alpha value is -1.76. The maximum Gasteiger partial charge on any atom is 0.133 e. The van der Waals surface area contributed by atoms with E-state index in [2.05, 4.69) is 15.0 Å². The lowest BCUT2D eigenvalue weighted by molar-refractivity contribution is 0.0692. The molecule has 1 aromatic heterocycles. The van der Waals surface area contributed by atoms with Gasteiger partial charge in [-0.3, -0.25) is 9.80 Å². The van der Waals surface area contributed by atoms with E-state index in [9.17, 15) is 9.50 Å². The Kier molecular flexibility index (Phi) is 5.05. The van der Waals surface area contributed by atoms with Crippen molar-refractivity contribution in [2.24, 2.45) is 0 Å². The van der Waals surface area contributed by atoms with E-state index < -0.39 is 6.10 Å². The van der Waals surface area contributed by atoms with Crippen LogP contribution in [0.2, 0.25) is 0 Å². The molecule has 0 unspecified atom stereocenters. The molecular weight excluding hydrogens is 297 g/mol. The van der Waals surface area contributed by atoms with Gasteiger partial charge in [-0.25, -0.2) is 4.39 Å². The molecule has 1 aliphatic rings. The Morgan fingerprint density at radius 3 is 2.61 bits per heavy atom. The number of aryl methyl sites for hydroxylation is 1. The first kappa shape index (κ1) is 16.1. The highest BCUT2D eigenvalue weighted by Crippen LogP contribution is 2.17. The van der Waals surface area contributed by atoms with Crippen LogP contribution in [-0.2, 0) is 6.54 Å². The molecule has 3 rings (SSSR count). The summed E-state index contributed by atoms with van der Waals surface area (Å²) in [4.78, 5) is 4.53. The highest BCUT2D eigenvalue weighted by Gasteiger charge is 2.20. The average molecular weight is 319 g/mol. The van der Waals surface area contributed by atoms with Crippen LogP contribution in [0.4, 0.5) is 4.39 Å². The first-order chi connectivity index (χ1) is 11.1. The molecule has 1 aliphatic heterocycles. The quantitative estimate of drug-likeness (QED) is 0.913. The zero-order chi connectivity index (χ0) is 16.2. The first-order valence-corrected chi connectivity index (χ1v) is 7.90. The van der Waals surface area contributed by atoms with E-state index in [1.54, 1.807) is 12.1 Å². The predicted octanol–water partition coefficient (Wildman–Crippen LogP) is 1.97. The van der Waals surface area contributed by atoms with Crippen LogP contribution in [0.1, 0.15) is 23.1 Å². The molecule has 2 aromatic rings. The number of aliphatic hydroxyl groups excluding tert-OH is 1. The third kappa shape index (κ3) is 4.37. The van der Waals surface area contributed by atoms with Gasteiger partial charge in [-0.05, 0) is 24.6 Å². The lowest BCUT2D eigenvalue weighted by Crippen LogP contribution is -2.47. The number of halogens is 1. The van der Waals surface area contributed by atoms with Gasteiger partial charge in [0, 0.05) is 45.3 Å². The third-order valence-electron chi connectivity index (χ3n) is 4.19. The maximum atomic E-state index is 13.2. The number of benzene rings is 1. The van der Waals surface area contributed by atoms with Crippen LogP contribution in [0, 0.1) is 12.7 Å². The Labute approximate surface area is 135 Å². The van der Waals surface area contributed by atoms with Crippen molar-refractivity contribution in [3.63, 3.8) is 0 Å². The number of rotatable bonds is 5. The van der Waals surface area contributed by atoms with Crippen LogP contribution in [0.5, 0.6) is 0 Å². The normalized spacial score (nSPS) is 18.2. The van der Waals surface area contributed by atoms with E-state index in [0.29, 0.717) is 12.1 Å². The Morgan fingerprint density at radius 1 is 1.22 bits per heavy atom. The lowest BCUT2D eigenvalue weighted by atomic mass is 10.1. The fraction of sp³-hybridized carbons (Fsp3) is 0.471. The van der Waals surface area contributed by atoms with Crippen LogP contribution in [0.15, 0.2) is 34.9 Å². The summed E-state index contributed by atoms with van der Waals surface area (Å²) < 4.78 is 18.3. The van der Waals surface area contributed by atoms with Crippen LogP contribution >= 0.6 is 0 Å². The number of hydrogen-bond donors (Lipinski definition) is 1. The second-order valence-corrected chi connectivity index (χ2v) is 6.08. The highest BCUT2D eigenvalue weighted by molar-refractivity contribution is 5.19. The smallest absolute Gasteiger partial charge is 0.133 e. The summed E-state index contributed by atoms with van der Waals surface area (Å²) in [6.45, 7) is 6.80. The zero-order valence-corrected chi connectivity index (χ0v) is 13.3. The van der Waals surface area contributed by atoms with Crippen molar-refractivity contribution in [3.8, 4) is 0 Å². The summed E-state index contributed by atoms with van der Waals surface area (Å²) in [6, 6.07) is 8.14.